The van der Waals surface area contributed by atoms with Crippen LogP contribution in [-0.2, 0) is 0 Å². The fourth-order valence-corrected chi connectivity index (χ4v) is 1.55. The van der Waals surface area contributed by atoms with E-state index in [0.717, 1.165) is 17.7 Å². The lowest BCUT2D eigenvalue weighted by atomic mass is 10.1. The lowest BCUT2D eigenvalue weighted by molar-refractivity contribution is 0.615. The van der Waals surface area contributed by atoms with Crippen molar-refractivity contribution in [1.29, 1.82) is 0 Å². The molecule has 0 aliphatic heterocycles. The molecule has 2 rings (SSSR count). The molecule has 0 aliphatic carbocycles. The van der Waals surface area contributed by atoms with E-state index in [1.54, 1.807) is 20.0 Å². The number of benzene rings is 1. The number of aryl methyl sites for hydroxylation is 1. The molecule has 78 valence electrons. The monoisotopic (exact) mass is 208 g/mol. The van der Waals surface area contributed by atoms with Crippen LogP contribution in [0.15, 0.2) is 18.2 Å². The summed E-state index contributed by atoms with van der Waals surface area (Å²) in [5.41, 5.74) is 0.847. The Kier molecular flexibility index (Phi) is 2.26. The van der Waals surface area contributed by atoms with Crippen molar-refractivity contribution < 1.29 is 8.78 Å². The first-order chi connectivity index (χ1) is 7.13. The Hall–Kier alpha value is -1.71. The third-order valence-corrected chi connectivity index (χ3v) is 2.31. The molecule has 1 N–H and O–H groups in total. The Morgan fingerprint density at radius 3 is 2.53 bits per heavy atom. The van der Waals surface area contributed by atoms with Crippen LogP contribution in [0.2, 0.25) is 0 Å². The molecule has 15 heavy (non-hydrogen) atoms. The smallest absolute Gasteiger partial charge is 0.149 e. The maximum atomic E-state index is 13.4. The van der Waals surface area contributed by atoms with Crippen molar-refractivity contribution in [2.75, 3.05) is 12.4 Å². The summed E-state index contributed by atoms with van der Waals surface area (Å²) in [7, 11) is 1.69. The van der Waals surface area contributed by atoms with Crippen LogP contribution in [0.25, 0.3) is 10.9 Å². The quantitative estimate of drug-likeness (QED) is 0.779. The van der Waals surface area contributed by atoms with Crippen molar-refractivity contribution in [3.63, 3.8) is 0 Å². The second-order valence-corrected chi connectivity index (χ2v) is 3.33. The van der Waals surface area contributed by atoms with Crippen LogP contribution in [0.3, 0.4) is 0 Å². The number of halogens is 2. The van der Waals surface area contributed by atoms with Crippen molar-refractivity contribution in [3.05, 3.63) is 35.4 Å². The molecular formula is C11H10F2N2. The number of hydrogen-bond donors (Lipinski definition) is 1. The Balaban J connectivity index is 2.86. The molecule has 0 unspecified atom stereocenters. The first-order valence-corrected chi connectivity index (χ1v) is 4.56. The van der Waals surface area contributed by atoms with Gasteiger partial charge >= 0.3 is 0 Å². The highest BCUT2D eigenvalue weighted by molar-refractivity contribution is 5.82. The average Bonchev–Trinajstić information content (AvgIpc) is 2.23. The van der Waals surface area contributed by atoms with E-state index in [1.807, 2.05) is 0 Å². The number of nitrogens with zero attached hydrogens (tertiary/aromatic N) is 1. The number of fused-ring (bicyclic) bond motifs is 1. The molecule has 2 aromatic rings. The fraction of sp³-hybridized carbons (Fsp3) is 0.182. The minimum absolute atomic E-state index is 0.0601. The largest absolute Gasteiger partial charge is 0.373 e. The number of pyridine rings is 1. The van der Waals surface area contributed by atoms with Crippen LogP contribution in [0.4, 0.5) is 14.6 Å². The minimum Gasteiger partial charge on any atom is -0.373 e. The number of aromatic nitrogens is 1. The van der Waals surface area contributed by atoms with Gasteiger partial charge in [-0.1, -0.05) is 0 Å². The number of hydrogen-bond acceptors (Lipinski definition) is 2. The van der Waals surface area contributed by atoms with E-state index >= 15 is 0 Å². The van der Waals surface area contributed by atoms with Crippen LogP contribution in [0, 0.1) is 18.6 Å². The summed E-state index contributed by atoms with van der Waals surface area (Å²) >= 11 is 0. The van der Waals surface area contributed by atoms with Gasteiger partial charge < -0.3 is 5.32 Å². The predicted octanol–water partition coefficient (Wildman–Crippen LogP) is 2.86. The van der Waals surface area contributed by atoms with Crippen LogP contribution >= 0.6 is 0 Å². The lowest BCUT2D eigenvalue weighted by Crippen LogP contribution is -1.98. The van der Waals surface area contributed by atoms with E-state index in [4.69, 9.17) is 0 Å². The van der Waals surface area contributed by atoms with Crippen molar-refractivity contribution in [2.45, 2.75) is 6.92 Å². The summed E-state index contributed by atoms with van der Waals surface area (Å²) < 4.78 is 26.7. The first kappa shape index (κ1) is 9.83. The molecule has 0 radical (unpaired) electrons. The van der Waals surface area contributed by atoms with E-state index in [1.165, 1.54) is 0 Å². The Morgan fingerprint density at radius 1 is 1.20 bits per heavy atom. The molecule has 0 fully saturated rings. The number of rotatable bonds is 1. The molecule has 1 heterocycles. The topological polar surface area (TPSA) is 24.9 Å². The summed E-state index contributed by atoms with van der Waals surface area (Å²) in [4.78, 5) is 4.03. The molecule has 4 heteroatoms. The second-order valence-electron chi connectivity index (χ2n) is 3.33. The van der Waals surface area contributed by atoms with Gasteiger partial charge in [0, 0.05) is 12.4 Å². The maximum absolute atomic E-state index is 13.4. The molecule has 0 atom stereocenters. The molecule has 0 aliphatic rings. The van der Waals surface area contributed by atoms with Gasteiger partial charge in [-0.3, -0.25) is 0 Å². The van der Waals surface area contributed by atoms with Gasteiger partial charge in [0.15, 0.2) is 0 Å². The maximum Gasteiger partial charge on any atom is 0.149 e. The van der Waals surface area contributed by atoms with Crippen LogP contribution < -0.4 is 5.32 Å². The zero-order chi connectivity index (χ0) is 11.0. The number of anilines is 1. The van der Waals surface area contributed by atoms with Gasteiger partial charge in [0.25, 0.3) is 0 Å². The molecule has 0 saturated heterocycles. The molecule has 2 nitrogen and oxygen atoms in total. The summed E-state index contributed by atoms with van der Waals surface area (Å²) in [5.74, 6) is -0.403. The SMILES string of the molecule is CNc1nc2c(F)ccc(F)c2cc1C. The standard InChI is InChI=1S/C11H10F2N2/c1-6-5-7-8(12)3-4-9(13)10(7)15-11(6)14-2/h3-5H,1-2H3,(H,14,15). The molecular weight excluding hydrogens is 198 g/mol. The number of nitrogens with one attached hydrogen (secondary N) is 1. The molecule has 1 aromatic heterocycles. The van der Waals surface area contributed by atoms with Gasteiger partial charge in [0.1, 0.15) is 23.0 Å². The third kappa shape index (κ3) is 1.52. The van der Waals surface area contributed by atoms with Gasteiger partial charge in [0.05, 0.1) is 0 Å². The van der Waals surface area contributed by atoms with Gasteiger partial charge in [-0.05, 0) is 30.7 Å². The van der Waals surface area contributed by atoms with E-state index < -0.39 is 11.6 Å². The summed E-state index contributed by atoms with van der Waals surface area (Å²) in [6.45, 7) is 1.79. The predicted molar refractivity (Wildman–Crippen MR) is 55.9 cm³/mol. The van der Waals surface area contributed by atoms with Crippen LogP contribution in [0.5, 0.6) is 0 Å². The molecule has 0 bridgehead atoms. The Labute approximate surface area is 85.9 Å². The zero-order valence-corrected chi connectivity index (χ0v) is 8.44. The molecule has 0 amide bonds. The second kappa shape index (κ2) is 3.46. The first-order valence-electron chi connectivity index (χ1n) is 4.56. The van der Waals surface area contributed by atoms with Crippen molar-refractivity contribution in [2.24, 2.45) is 0 Å². The third-order valence-electron chi connectivity index (χ3n) is 2.31. The van der Waals surface area contributed by atoms with E-state index in [0.29, 0.717) is 5.82 Å². The normalized spacial score (nSPS) is 10.7. The highest BCUT2D eigenvalue weighted by Crippen LogP contribution is 2.23. The van der Waals surface area contributed by atoms with Crippen LogP contribution in [0.1, 0.15) is 5.56 Å². The van der Waals surface area contributed by atoms with E-state index in [2.05, 4.69) is 10.3 Å². The summed E-state index contributed by atoms with van der Waals surface area (Å²) in [5, 5.41) is 3.05. The summed E-state index contributed by atoms with van der Waals surface area (Å²) in [6.07, 6.45) is 0. The highest BCUT2D eigenvalue weighted by Gasteiger charge is 2.09. The van der Waals surface area contributed by atoms with Crippen molar-refractivity contribution in [1.82, 2.24) is 4.98 Å². The van der Waals surface area contributed by atoms with Gasteiger partial charge in [0.2, 0.25) is 0 Å². The van der Waals surface area contributed by atoms with Gasteiger partial charge in [-0.15, -0.1) is 0 Å². The highest BCUT2D eigenvalue weighted by atomic mass is 19.1. The van der Waals surface area contributed by atoms with E-state index in [9.17, 15) is 8.78 Å². The Bertz CT molecular complexity index is 523. The van der Waals surface area contributed by atoms with Gasteiger partial charge in [-0.25, -0.2) is 13.8 Å². The zero-order valence-electron chi connectivity index (χ0n) is 8.44. The van der Waals surface area contributed by atoms with E-state index in [-0.39, 0.29) is 10.9 Å². The molecule has 0 saturated carbocycles. The fourth-order valence-electron chi connectivity index (χ4n) is 1.55. The van der Waals surface area contributed by atoms with Crippen molar-refractivity contribution >= 4 is 16.7 Å². The lowest BCUT2D eigenvalue weighted by Gasteiger charge is -2.07. The average molecular weight is 208 g/mol. The molecule has 0 spiro atoms. The van der Waals surface area contributed by atoms with Gasteiger partial charge in [-0.2, -0.15) is 0 Å². The summed E-state index contributed by atoms with van der Waals surface area (Å²) in [6, 6.07) is 3.78. The Morgan fingerprint density at radius 2 is 1.87 bits per heavy atom. The van der Waals surface area contributed by atoms with Crippen molar-refractivity contribution in [3.8, 4) is 0 Å². The molecule has 1 aromatic carbocycles. The van der Waals surface area contributed by atoms with Crippen LogP contribution in [-0.4, -0.2) is 12.0 Å². The minimum atomic E-state index is -0.511.